The van der Waals surface area contributed by atoms with Crippen LogP contribution in [0.3, 0.4) is 0 Å². The third-order valence-corrected chi connectivity index (χ3v) is 11.4. The Hall–Kier alpha value is -0.700. The summed E-state index contributed by atoms with van der Waals surface area (Å²) in [5.74, 6) is 1.60. The first-order valence-electron chi connectivity index (χ1n) is 13.0. The van der Waals surface area contributed by atoms with Crippen molar-refractivity contribution in [3.05, 3.63) is 0 Å². The topological polar surface area (TPSA) is 130 Å². The number of carbonyl (C=O) groups is 1. The van der Waals surface area contributed by atoms with Crippen LogP contribution in [0.25, 0.3) is 0 Å². The van der Waals surface area contributed by atoms with Gasteiger partial charge in [-0.05, 0) is 97.2 Å². The lowest BCUT2D eigenvalue weighted by atomic mass is 9.41. The molecule has 8 heteroatoms. The molecule has 0 bridgehead atoms. The lowest BCUT2D eigenvalue weighted by molar-refractivity contribution is -0.203. The van der Waals surface area contributed by atoms with Crippen LogP contribution in [0.1, 0.15) is 85.5 Å². The molecule has 0 heterocycles. The molecule has 190 valence electrons. The standard InChI is InChI=1S/C25H44N2O5S/c1-5-16-20-13-15(28)8-10-25(20,4)19-9-11-24(3)17(6-7-18(24)22(19)23(16)30)14(2)12-21(29)27-33(26,31)32/h14-20,22-23,28,30H,5-13H2,1-4H3,(H,27,29)(H2,26,31,32)/t14-,15+,16+,17+,18-,19-,20-,22-,23+,24+,25+/m0/s1. The fraction of sp³-hybridized carbons (Fsp3) is 0.960. The van der Waals surface area contributed by atoms with Gasteiger partial charge in [0.25, 0.3) is 10.2 Å². The van der Waals surface area contributed by atoms with Crippen LogP contribution < -0.4 is 9.86 Å². The normalized spacial score (nSPS) is 48.3. The Bertz CT molecular complexity index is 865. The van der Waals surface area contributed by atoms with Gasteiger partial charge in [-0.1, -0.05) is 34.1 Å². The first kappa shape index (κ1) is 25.4. The van der Waals surface area contributed by atoms with Gasteiger partial charge >= 0.3 is 0 Å². The molecule has 0 spiro atoms. The third kappa shape index (κ3) is 4.27. The smallest absolute Gasteiger partial charge is 0.298 e. The van der Waals surface area contributed by atoms with Crippen LogP contribution >= 0.6 is 0 Å². The molecular weight excluding hydrogens is 440 g/mol. The van der Waals surface area contributed by atoms with Gasteiger partial charge in [-0.25, -0.2) is 9.86 Å². The monoisotopic (exact) mass is 484 g/mol. The van der Waals surface area contributed by atoms with E-state index in [0.717, 1.165) is 51.4 Å². The number of amides is 1. The van der Waals surface area contributed by atoms with E-state index in [1.54, 1.807) is 0 Å². The highest BCUT2D eigenvalue weighted by Gasteiger charge is 2.64. The van der Waals surface area contributed by atoms with Crippen molar-refractivity contribution in [2.45, 2.75) is 97.7 Å². The summed E-state index contributed by atoms with van der Waals surface area (Å²) < 4.78 is 24.4. The molecule has 5 N–H and O–H groups in total. The molecule has 4 aliphatic rings. The van der Waals surface area contributed by atoms with Crippen molar-refractivity contribution in [3.63, 3.8) is 0 Å². The average Bonchev–Trinajstić information content (AvgIpc) is 3.05. The van der Waals surface area contributed by atoms with E-state index < -0.39 is 16.1 Å². The van der Waals surface area contributed by atoms with Crippen LogP contribution in [0.4, 0.5) is 0 Å². The molecule has 0 aromatic rings. The molecule has 4 fully saturated rings. The summed E-state index contributed by atoms with van der Waals surface area (Å²) in [6.07, 6.45) is 7.46. The van der Waals surface area contributed by atoms with Gasteiger partial charge in [-0.2, -0.15) is 8.42 Å². The summed E-state index contributed by atoms with van der Waals surface area (Å²) >= 11 is 0. The van der Waals surface area contributed by atoms with Gasteiger partial charge in [0.15, 0.2) is 0 Å². The summed E-state index contributed by atoms with van der Waals surface area (Å²) in [6.45, 7) is 9.03. The molecule has 4 aliphatic carbocycles. The number of rotatable bonds is 5. The molecule has 1 amide bonds. The van der Waals surface area contributed by atoms with E-state index in [1.807, 2.05) is 4.72 Å². The minimum absolute atomic E-state index is 0.0408. The summed E-state index contributed by atoms with van der Waals surface area (Å²) in [5.41, 5.74) is 0.212. The van der Waals surface area contributed by atoms with E-state index in [0.29, 0.717) is 23.7 Å². The predicted molar refractivity (Wildman–Crippen MR) is 127 cm³/mol. The minimum Gasteiger partial charge on any atom is -0.393 e. The molecule has 0 aromatic carbocycles. The quantitative estimate of drug-likeness (QED) is 0.477. The summed E-state index contributed by atoms with van der Waals surface area (Å²) in [6, 6.07) is 0. The molecule has 4 rings (SSSR count). The van der Waals surface area contributed by atoms with Gasteiger partial charge in [0.2, 0.25) is 5.91 Å². The molecule has 0 radical (unpaired) electrons. The number of aliphatic hydroxyl groups is 2. The highest BCUT2D eigenvalue weighted by molar-refractivity contribution is 7.87. The second-order valence-corrected chi connectivity index (χ2v) is 13.7. The zero-order valence-corrected chi connectivity index (χ0v) is 21.5. The number of nitrogens with one attached hydrogen (secondary N) is 1. The lowest BCUT2D eigenvalue weighted by Crippen LogP contribution is -2.62. The molecule has 33 heavy (non-hydrogen) atoms. The van der Waals surface area contributed by atoms with Crippen LogP contribution in [-0.4, -0.2) is 36.7 Å². The zero-order valence-electron chi connectivity index (χ0n) is 20.7. The van der Waals surface area contributed by atoms with Gasteiger partial charge in [0.05, 0.1) is 12.2 Å². The third-order valence-electron chi connectivity index (χ3n) is 10.9. The van der Waals surface area contributed by atoms with E-state index in [2.05, 4.69) is 27.7 Å². The summed E-state index contributed by atoms with van der Waals surface area (Å²) in [5, 5.41) is 27.1. The number of aliphatic hydroxyl groups excluding tert-OH is 2. The van der Waals surface area contributed by atoms with Crippen molar-refractivity contribution in [1.82, 2.24) is 4.72 Å². The first-order valence-corrected chi connectivity index (χ1v) is 14.6. The van der Waals surface area contributed by atoms with Gasteiger partial charge in [0.1, 0.15) is 0 Å². The molecule has 0 unspecified atom stereocenters. The van der Waals surface area contributed by atoms with Crippen LogP contribution in [0.5, 0.6) is 0 Å². The van der Waals surface area contributed by atoms with E-state index in [-0.39, 0.29) is 47.2 Å². The Morgan fingerprint density at radius 1 is 1.06 bits per heavy atom. The second-order valence-electron chi connectivity index (χ2n) is 12.4. The van der Waals surface area contributed by atoms with Crippen LogP contribution in [0, 0.1) is 52.3 Å². The number of carbonyl (C=O) groups excluding carboxylic acids is 1. The first-order chi connectivity index (χ1) is 15.3. The van der Waals surface area contributed by atoms with Crippen LogP contribution in [-0.2, 0) is 15.0 Å². The maximum atomic E-state index is 12.2. The average molecular weight is 485 g/mol. The fourth-order valence-corrected chi connectivity index (χ4v) is 9.97. The van der Waals surface area contributed by atoms with Gasteiger partial charge in [-0.3, -0.25) is 4.79 Å². The van der Waals surface area contributed by atoms with E-state index in [1.165, 1.54) is 0 Å². The Morgan fingerprint density at radius 3 is 2.33 bits per heavy atom. The number of nitrogens with two attached hydrogens (primary N) is 1. The fourth-order valence-electron chi connectivity index (χ4n) is 9.57. The van der Waals surface area contributed by atoms with E-state index in [9.17, 15) is 23.4 Å². The molecular formula is C25H44N2O5S. The lowest BCUT2D eigenvalue weighted by Gasteiger charge is -2.64. The van der Waals surface area contributed by atoms with Crippen molar-refractivity contribution >= 4 is 16.1 Å². The number of hydrogen-bond acceptors (Lipinski definition) is 5. The Morgan fingerprint density at radius 2 is 1.70 bits per heavy atom. The minimum atomic E-state index is -4.04. The summed E-state index contributed by atoms with van der Waals surface area (Å²) in [4.78, 5) is 12.2. The van der Waals surface area contributed by atoms with Crippen molar-refractivity contribution in [3.8, 4) is 0 Å². The maximum Gasteiger partial charge on any atom is 0.298 e. The van der Waals surface area contributed by atoms with Crippen molar-refractivity contribution in [1.29, 1.82) is 0 Å². The highest BCUT2D eigenvalue weighted by atomic mass is 32.2. The van der Waals surface area contributed by atoms with Crippen LogP contribution in [0.15, 0.2) is 0 Å². The van der Waals surface area contributed by atoms with Crippen molar-refractivity contribution in [2.75, 3.05) is 0 Å². The molecule has 0 saturated heterocycles. The Balaban J connectivity index is 1.58. The maximum absolute atomic E-state index is 12.2. The van der Waals surface area contributed by atoms with Crippen LogP contribution in [0.2, 0.25) is 0 Å². The van der Waals surface area contributed by atoms with Gasteiger partial charge in [0, 0.05) is 6.42 Å². The molecule has 11 atom stereocenters. The van der Waals surface area contributed by atoms with Gasteiger partial charge < -0.3 is 10.2 Å². The molecule has 0 aliphatic heterocycles. The number of fused-ring (bicyclic) bond motifs is 5. The second kappa shape index (κ2) is 8.75. The van der Waals surface area contributed by atoms with E-state index in [4.69, 9.17) is 5.14 Å². The Kier molecular flexibility index (Phi) is 6.74. The highest BCUT2D eigenvalue weighted by Crippen LogP contribution is 2.69. The zero-order chi connectivity index (χ0) is 24.3. The largest absolute Gasteiger partial charge is 0.393 e. The predicted octanol–water partition coefficient (Wildman–Crippen LogP) is 2.96. The summed E-state index contributed by atoms with van der Waals surface area (Å²) in [7, 11) is -4.04. The SMILES string of the molecule is CC[C@H]1[C@@H](O)[C@@H]2[C@H](CC[C@]3(C)[C@@H]([C@@H](C)CC(=O)NS(N)(=O)=O)CC[C@@H]23)[C@@]2(C)CC[C@@H](O)C[C@@H]12. The van der Waals surface area contributed by atoms with Crippen molar-refractivity contribution in [2.24, 2.45) is 57.4 Å². The van der Waals surface area contributed by atoms with E-state index >= 15 is 0 Å². The van der Waals surface area contributed by atoms with Crippen molar-refractivity contribution < 1.29 is 23.4 Å². The molecule has 4 saturated carbocycles. The Labute approximate surface area is 199 Å². The van der Waals surface area contributed by atoms with Gasteiger partial charge in [-0.15, -0.1) is 0 Å². The molecule has 0 aromatic heterocycles. The number of hydrogen-bond donors (Lipinski definition) is 4. The molecule has 7 nitrogen and oxygen atoms in total.